The molecule has 0 saturated carbocycles. The first-order valence-electron chi connectivity index (χ1n) is 8.60. The number of rotatable bonds is 5. The molecular formula is C18H28FIN4O. The van der Waals surface area contributed by atoms with Crippen molar-refractivity contribution in [2.75, 3.05) is 26.7 Å². The fourth-order valence-corrected chi connectivity index (χ4v) is 2.89. The van der Waals surface area contributed by atoms with Crippen molar-refractivity contribution in [1.29, 1.82) is 0 Å². The van der Waals surface area contributed by atoms with E-state index < -0.39 is 0 Å². The molecule has 5 nitrogen and oxygen atoms in total. The lowest BCUT2D eigenvalue weighted by atomic mass is 9.93. The van der Waals surface area contributed by atoms with E-state index in [2.05, 4.69) is 20.5 Å². The maximum absolute atomic E-state index is 13.0. The van der Waals surface area contributed by atoms with Crippen molar-refractivity contribution in [3.63, 3.8) is 0 Å². The maximum atomic E-state index is 13.0. The van der Waals surface area contributed by atoms with Crippen molar-refractivity contribution in [3.8, 4) is 0 Å². The number of aliphatic imine (C=N–C) groups is 1. The van der Waals surface area contributed by atoms with Gasteiger partial charge >= 0.3 is 0 Å². The summed E-state index contributed by atoms with van der Waals surface area (Å²) in [7, 11) is 1.68. The monoisotopic (exact) mass is 462 g/mol. The van der Waals surface area contributed by atoms with Gasteiger partial charge in [0.2, 0.25) is 5.91 Å². The van der Waals surface area contributed by atoms with E-state index >= 15 is 0 Å². The van der Waals surface area contributed by atoms with E-state index in [0.717, 1.165) is 44.0 Å². The van der Waals surface area contributed by atoms with Crippen molar-refractivity contribution < 1.29 is 9.18 Å². The number of halogens is 2. The Hall–Kier alpha value is -1.38. The largest absolute Gasteiger partial charge is 0.359 e. The number of nitrogens with one attached hydrogen (secondary N) is 2. The highest BCUT2D eigenvalue weighted by atomic mass is 127. The van der Waals surface area contributed by atoms with Crippen LogP contribution in [0, 0.1) is 11.7 Å². The molecule has 0 atom stereocenters. The molecule has 1 aliphatic rings. The van der Waals surface area contributed by atoms with Crippen LogP contribution in [0.1, 0.15) is 31.7 Å². The van der Waals surface area contributed by atoms with E-state index in [1.807, 2.05) is 6.92 Å². The van der Waals surface area contributed by atoms with Gasteiger partial charge in [0.05, 0.1) is 6.54 Å². The Bertz CT molecular complexity index is 557. The van der Waals surface area contributed by atoms with Crippen LogP contribution >= 0.6 is 24.0 Å². The smallest absolute Gasteiger partial charge is 0.220 e. The molecule has 25 heavy (non-hydrogen) atoms. The third-order valence-corrected chi connectivity index (χ3v) is 4.33. The van der Waals surface area contributed by atoms with Crippen molar-refractivity contribution in [2.45, 2.75) is 32.7 Å². The normalized spacial score (nSPS) is 15.5. The molecule has 0 spiro atoms. The Kier molecular flexibility index (Phi) is 9.77. The highest BCUT2D eigenvalue weighted by Gasteiger charge is 2.22. The Balaban J connectivity index is 0.00000312. The zero-order valence-corrected chi connectivity index (χ0v) is 17.3. The number of hydrogen-bond acceptors (Lipinski definition) is 2. The van der Waals surface area contributed by atoms with Gasteiger partial charge in [-0.25, -0.2) is 9.38 Å². The van der Waals surface area contributed by atoms with E-state index in [1.54, 1.807) is 19.2 Å². The molecule has 1 fully saturated rings. The second-order valence-corrected chi connectivity index (χ2v) is 6.10. The SMILES string of the molecule is CCNC(=NCc1ccc(F)cc1)N1CCC(CC(=O)NC)CC1.I. The predicted molar refractivity (Wildman–Crippen MR) is 110 cm³/mol. The third-order valence-electron chi connectivity index (χ3n) is 4.33. The summed E-state index contributed by atoms with van der Waals surface area (Å²) in [6.45, 7) is 5.18. The van der Waals surface area contributed by atoms with Gasteiger partial charge in [0.15, 0.2) is 5.96 Å². The van der Waals surface area contributed by atoms with Gasteiger partial charge in [-0.15, -0.1) is 24.0 Å². The summed E-state index contributed by atoms with van der Waals surface area (Å²) >= 11 is 0. The second-order valence-electron chi connectivity index (χ2n) is 6.10. The van der Waals surface area contributed by atoms with Crippen LogP contribution in [0.15, 0.2) is 29.3 Å². The highest BCUT2D eigenvalue weighted by Crippen LogP contribution is 2.20. The molecule has 0 bridgehead atoms. The predicted octanol–water partition coefficient (Wildman–Crippen LogP) is 2.76. The number of hydrogen-bond donors (Lipinski definition) is 2. The Labute approximate surface area is 166 Å². The molecule has 0 radical (unpaired) electrons. The van der Waals surface area contributed by atoms with Gasteiger partial charge in [0.1, 0.15) is 5.82 Å². The molecule has 1 aromatic carbocycles. The number of guanidine groups is 1. The number of nitrogens with zero attached hydrogens (tertiary/aromatic N) is 2. The molecule has 140 valence electrons. The quantitative estimate of drug-likeness (QED) is 0.402. The van der Waals surface area contributed by atoms with Crippen LogP contribution in [0.5, 0.6) is 0 Å². The van der Waals surface area contributed by atoms with Crippen LogP contribution < -0.4 is 10.6 Å². The zero-order chi connectivity index (χ0) is 17.4. The number of amides is 1. The second kappa shape index (κ2) is 11.3. The van der Waals surface area contributed by atoms with Crippen LogP contribution in [-0.4, -0.2) is 43.4 Å². The molecule has 2 N–H and O–H groups in total. The van der Waals surface area contributed by atoms with E-state index in [4.69, 9.17) is 0 Å². The van der Waals surface area contributed by atoms with Gasteiger partial charge in [-0.3, -0.25) is 4.79 Å². The number of likely N-dealkylation sites (tertiary alicyclic amines) is 1. The number of carbonyl (C=O) groups excluding carboxylic acids is 1. The number of piperidine rings is 1. The maximum Gasteiger partial charge on any atom is 0.220 e. The van der Waals surface area contributed by atoms with Crippen molar-refractivity contribution in [1.82, 2.24) is 15.5 Å². The minimum absolute atomic E-state index is 0. The fraction of sp³-hybridized carbons (Fsp3) is 0.556. The zero-order valence-electron chi connectivity index (χ0n) is 14.9. The van der Waals surface area contributed by atoms with E-state index in [9.17, 15) is 9.18 Å². The molecule has 0 unspecified atom stereocenters. The van der Waals surface area contributed by atoms with E-state index in [0.29, 0.717) is 18.9 Å². The molecule has 1 aromatic rings. The Morgan fingerprint density at radius 3 is 2.48 bits per heavy atom. The summed E-state index contributed by atoms with van der Waals surface area (Å²) in [5.41, 5.74) is 0.987. The highest BCUT2D eigenvalue weighted by molar-refractivity contribution is 14.0. The lowest BCUT2D eigenvalue weighted by Gasteiger charge is -2.34. The Morgan fingerprint density at radius 1 is 1.28 bits per heavy atom. The summed E-state index contributed by atoms with van der Waals surface area (Å²) in [6.07, 6.45) is 2.59. The van der Waals surface area contributed by atoms with Crippen molar-refractivity contribution in [2.24, 2.45) is 10.9 Å². The topological polar surface area (TPSA) is 56.7 Å². The van der Waals surface area contributed by atoms with Gasteiger partial charge in [0.25, 0.3) is 0 Å². The standard InChI is InChI=1S/C18H27FN4O.HI/c1-3-21-18(22-13-15-4-6-16(19)7-5-15)23-10-8-14(9-11-23)12-17(24)20-2;/h4-7,14H,3,8-13H2,1-2H3,(H,20,24)(H,21,22);1H. The van der Waals surface area contributed by atoms with Crippen LogP contribution in [0.25, 0.3) is 0 Å². The van der Waals surface area contributed by atoms with Crippen LogP contribution in [0.3, 0.4) is 0 Å². The van der Waals surface area contributed by atoms with Crippen LogP contribution in [-0.2, 0) is 11.3 Å². The van der Waals surface area contributed by atoms with Crippen LogP contribution in [0.4, 0.5) is 4.39 Å². The average molecular weight is 462 g/mol. The van der Waals surface area contributed by atoms with Crippen molar-refractivity contribution >= 4 is 35.8 Å². The van der Waals surface area contributed by atoms with Gasteiger partial charge in [-0.1, -0.05) is 12.1 Å². The molecule has 1 aliphatic heterocycles. The van der Waals surface area contributed by atoms with Gasteiger partial charge in [0, 0.05) is 33.1 Å². The lowest BCUT2D eigenvalue weighted by Crippen LogP contribution is -2.46. The van der Waals surface area contributed by atoms with E-state index in [-0.39, 0.29) is 35.7 Å². The summed E-state index contributed by atoms with van der Waals surface area (Å²) in [4.78, 5) is 18.4. The third kappa shape index (κ3) is 7.17. The summed E-state index contributed by atoms with van der Waals surface area (Å²) < 4.78 is 13.0. The molecule has 0 aromatic heterocycles. The number of benzene rings is 1. The molecule has 1 heterocycles. The van der Waals surface area contributed by atoms with Gasteiger partial charge in [-0.05, 0) is 43.4 Å². The van der Waals surface area contributed by atoms with Gasteiger partial charge < -0.3 is 15.5 Å². The molecule has 1 amide bonds. The lowest BCUT2D eigenvalue weighted by molar-refractivity contribution is -0.121. The first-order valence-corrected chi connectivity index (χ1v) is 8.60. The molecule has 2 rings (SSSR count). The minimum Gasteiger partial charge on any atom is -0.359 e. The first-order chi connectivity index (χ1) is 11.6. The molecular weight excluding hydrogens is 434 g/mol. The summed E-state index contributed by atoms with van der Waals surface area (Å²) in [5.74, 6) is 1.22. The number of carbonyl (C=O) groups is 1. The first kappa shape index (κ1) is 21.7. The molecule has 0 aliphatic carbocycles. The summed E-state index contributed by atoms with van der Waals surface area (Å²) in [5, 5.41) is 6.02. The average Bonchev–Trinajstić information content (AvgIpc) is 2.60. The summed E-state index contributed by atoms with van der Waals surface area (Å²) in [6, 6.07) is 6.44. The fourth-order valence-electron chi connectivity index (χ4n) is 2.89. The van der Waals surface area contributed by atoms with Crippen molar-refractivity contribution in [3.05, 3.63) is 35.6 Å². The van der Waals surface area contributed by atoms with Gasteiger partial charge in [-0.2, -0.15) is 0 Å². The van der Waals surface area contributed by atoms with E-state index in [1.165, 1.54) is 12.1 Å². The minimum atomic E-state index is -0.229. The molecule has 7 heteroatoms. The Morgan fingerprint density at radius 2 is 1.92 bits per heavy atom. The van der Waals surface area contributed by atoms with Crippen LogP contribution in [0.2, 0.25) is 0 Å². The molecule has 1 saturated heterocycles.